The van der Waals surface area contributed by atoms with E-state index in [-0.39, 0.29) is 18.6 Å². The molecule has 5 nitrogen and oxygen atoms in total. The van der Waals surface area contributed by atoms with Gasteiger partial charge in [-0.2, -0.15) is 0 Å². The molecule has 1 fully saturated rings. The molecule has 1 aromatic carbocycles. The number of carbonyl (C=O) groups excluding carboxylic acids is 1. The number of carbonyl (C=O) groups is 1. The van der Waals surface area contributed by atoms with Crippen LogP contribution in [0.25, 0.3) is 0 Å². The van der Waals surface area contributed by atoms with Crippen LogP contribution in [0.3, 0.4) is 0 Å². The minimum absolute atomic E-state index is 0.266. The lowest BCUT2D eigenvalue weighted by atomic mass is 9.79. The molecule has 0 aliphatic carbocycles. The van der Waals surface area contributed by atoms with E-state index in [1.165, 1.54) is 0 Å². The topological polar surface area (TPSA) is 73.6 Å². The van der Waals surface area contributed by atoms with E-state index in [0.29, 0.717) is 12.2 Å². The first-order chi connectivity index (χ1) is 8.02. The van der Waals surface area contributed by atoms with Crippen LogP contribution >= 0.6 is 0 Å². The van der Waals surface area contributed by atoms with Crippen molar-refractivity contribution in [3.63, 3.8) is 0 Å². The molecule has 6 heteroatoms. The number of nitrogens with one attached hydrogen (secondary N) is 1. The zero-order valence-electron chi connectivity index (χ0n) is 9.90. The van der Waals surface area contributed by atoms with Gasteiger partial charge in [0, 0.05) is 5.56 Å². The fourth-order valence-corrected chi connectivity index (χ4v) is 1.67. The van der Waals surface area contributed by atoms with E-state index >= 15 is 0 Å². The summed E-state index contributed by atoms with van der Waals surface area (Å²) in [5.41, 5.74) is 3.22. The zero-order valence-corrected chi connectivity index (χ0v) is 9.90. The predicted octanol–water partition coefficient (Wildman–Crippen LogP) is -0.189. The van der Waals surface area contributed by atoms with Crippen LogP contribution in [0.2, 0.25) is 0 Å². The van der Waals surface area contributed by atoms with Crippen molar-refractivity contribution in [3.8, 4) is 0 Å². The van der Waals surface area contributed by atoms with Gasteiger partial charge >= 0.3 is 7.12 Å². The van der Waals surface area contributed by atoms with Crippen LogP contribution in [-0.2, 0) is 9.31 Å². The molecule has 90 valence electrons. The number of benzene rings is 1. The van der Waals surface area contributed by atoms with Gasteiger partial charge in [-0.05, 0) is 31.4 Å². The summed E-state index contributed by atoms with van der Waals surface area (Å²) >= 11 is 0. The Kier molecular flexibility index (Phi) is 3.19. The van der Waals surface area contributed by atoms with Crippen molar-refractivity contribution in [1.29, 1.82) is 0 Å². The van der Waals surface area contributed by atoms with Gasteiger partial charge in [-0.3, -0.25) is 10.2 Å². The quantitative estimate of drug-likeness (QED) is 0.322. The van der Waals surface area contributed by atoms with Gasteiger partial charge in [0.15, 0.2) is 0 Å². The minimum Gasteiger partial charge on any atom is -0.404 e. The second-order valence-corrected chi connectivity index (χ2v) is 4.62. The highest BCUT2D eigenvalue weighted by Crippen LogP contribution is 2.19. The van der Waals surface area contributed by atoms with Crippen LogP contribution in [0, 0.1) is 0 Å². The molecule has 0 unspecified atom stereocenters. The van der Waals surface area contributed by atoms with Gasteiger partial charge < -0.3 is 9.31 Å². The van der Waals surface area contributed by atoms with E-state index in [0.717, 1.165) is 5.46 Å². The molecule has 1 heterocycles. The second kappa shape index (κ2) is 4.48. The monoisotopic (exact) mass is 234 g/mol. The number of rotatable bonds is 2. The summed E-state index contributed by atoms with van der Waals surface area (Å²) in [4.78, 5) is 11.3. The van der Waals surface area contributed by atoms with Gasteiger partial charge in [-0.25, -0.2) is 5.84 Å². The van der Waals surface area contributed by atoms with Gasteiger partial charge in [0.25, 0.3) is 5.91 Å². The number of hydrogen-bond acceptors (Lipinski definition) is 4. The van der Waals surface area contributed by atoms with E-state index in [9.17, 15) is 4.79 Å². The molecule has 0 atom stereocenters. The van der Waals surface area contributed by atoms with Crippen LogP contribution in [0.1, 0.15) is 24.2 Å². The third-order valence-electron chi connectivity index (χ3n) is 2.58. The van der Waals surface area contributed by atoms with Crippen LogP contribution in [0.4, 0.5) is 0 Å². The normalized spacial score (nSPS) is 18.2. The zero-order chi connectivity index (χ0) is 12.5. The van der Waals surface area contributed by atoms with Crippen LogP contribution < -0.4 is 16.7 Å². The molecule has 1 aliphatic heterocycles. The Morgan fingerprint density at radius 2 is 2.06 bits per heavy atom. The predicted molar refractivity (Wildman–Crippen MR) is 64.6 cm³/mol. The summed E-state index contributed by atoms with van der Waals surface area (Å²) < 4.78 is 11.2. The lowest BCUT2D eigenvalue weighted by Gasteiger charge is -2.15. The Morgan fingerprint density at radius 1 is 1.41 bits per heavy atom. The van der Waals surface area contributed by atoms with E-state index in [4.69, 9.17) is 15.2 Å². The molecule has 0 spiro atoms. The van der Waals surface area contributed by atoms with Crippen LogP contribution in [0.5, 0.6) is 0 Å². The maximum Gasteiger partial charge on any atom is 0.494 e. The molecule has 1 aliphatic rings. The fourth-order valence-electron chi connectivity index (χ4n) is 1.67. The molecule has 3 N–H and O–H groups in total. The average Bonchev–Trinajstić information content (AvgIpc) is 2.69. The van der Waals surface area contributed by atoms with Crippen molar-refractivity contribution in [3.05, 3.63) is 29.8 Å². The van der Waals surface area contributed by atoms with Gasteiger partial charge in [0.05, 0.1) is 12.2 Å². The smallest absolute Gasteiger partial charge is 0.404 e. The summed E-state index contributed by atoms with van der Waals surface area (Å²) in [6.45, 7) is 4.51. The highest BCUT2D eigenvalue weighted by atomic mass is 16.7. The summed E-state index contributed by atoms with van der Waals surface area (Å²) in [5, 5.41) is 0. The number of hydrogen-bond donors (Lipinski definition) is 2. The molecule has 0 radical (unpaired) electrons. The molecule has 2 rings (SSSR count). The van der Waals surface area contributed by atoms with Gasteiger partial charge in [0.1, 0.15) is 0 Å². The summed E-state index contributed by atoms with van der Waals surface area (Å²) in [6.07, 6.45) is 0. The molecule has 17 heavy (non-hydrogen) atoms. The Labute approximate surface area is 100 Å². The largest absolute Gasteiger partial charge is 0.494 e. The Morgan fingerprint density at radius 3 is 2.53 bits per heavy atom. The van der Waals surface area contributed by atoms with Gasteiger partial charge in [-0.15, -0.1) is 0 Å². The lowest BCUT2D eigenvalue weighted by Crippen LogP contribution is -2.35. The average molecular weight is 234 g/mol. The van der Waals surface area contributed by atoms with E-state index < -0.39 is 0 Å². The minimum atomic E-state index is -0.361. The lowest BCUT2D eigenvalue weighted by molar-refractivity contribution is 0.0953. The highest BCUT2D eigenvalue weighted by Gasteiger charge is 2.37. The first-order valence-electron chi connectivity index (χ1n) is 5.42. The van der Waals surface area contributed by atoms with Crippen molar-refractivity contribution >= 4 is 18.5 Å². The molecule has 1 aromatic rings. The first-order valence-corrected chi connectivity index (χ1v) is 5.42. The molecule has 0 bridgehead atoms. The van der Waals surface area contributed by atoms with Crippen LogP contribution in [-0.4, -0.2) is 25.2 Å². The number of nitrogens with two attached hydrogens (primary N) is 1. The maximum absolute atomic E-state index is 11.3. The number of nitrogen functional groups attached to an aromatic ring is 1. The van der Waals surface area contributed by atoms with Crippen LogP contribution in [0.15, 0.2) is 24.3 Å². The van der Waals surface area contributed by atoms with Crippen molar-refractivity contribution in [2.75, 3.05) is 6.61 Å². The summed E-state index contributed by atoms with van der Waals surface area (Å²) in [7, 11) is -0.361. The Balaban J connectivity index is 2.11. The van der Waals surface area contributed by atoms with Crippen molar-refractivity contribution in [2.45, 2.75) is 19.4 Å². The van der Waals surface area contributed by atoms with E-state index in [1.807, 2.05) is 13.8 Å². The maximum atomic E-state index is 11.3. The summed E-state index contributed by atoms with van der Waals surface area (Å²) in [5.74, 6) is 4.74. The SMILES string of the molecule is CC1(C)COB(c2ccc(C(=O)NN)cc2)O1. The Hall–Kier alpha value is -1.37. The molecule has 1 saturated heterocycles. The Bertz CT molecular complexity index is 419. The van der Waals surface area contributed by atoms with Gasteiger partial charge in [-0.1, -0.05) is 12.1 Å². The van der Waals surface area contributed by atoms with Crippen molar-refractivity contribution in [2.24, 2.45) is 5.84 Å². The van der Waals surface area contributed by atoms with Crippen molar-refractivity contribution in [1.82, 2.24) is 5.43 Å². The molecule has 0 aromatic heterocycles. The highest BCUT2D eigenvalue weighted by molar-refractivity contribution is 6.61. The third kappa shape index (κ3) is 2.66. The molecule has 0 saturated carbocycles. The summed E-state index contributed by atoms with van der Waals surface area (Å²) in [6, 6.07) is 6.98. The van der Waals surface area contributed by atoms with E-state index in [1.54, 1.807) is 24.3 Å². The number of hydrazine groups is 1. The second-order valence-electron chi connectivity index (χ2n) is 4.62. The van der Waals surface area contributed by atoms with Crippen molar-refractivity contribution < 1.29 is 14.1 Å². The molecular weight excluding hydrogens is 219 g/mol. The number of amides is 1. The standard InChI is InChI=1S/C11H15BN2O3/c1-11(2)7-16-12(17-11)9-5-3-8(4-6-9)10(15)14-13/h3-6H,7,13H2,1-2H3,(H,14,15). The first kappa shape index (κ1) is 12.1. The van der Waals surface area contributed by atoms with E-state index in [2.05, 4.69) is 5.43 Å². The molecule has 1 amide bonds. The fraction of sp³-hybridized carbons (Fsp3) is 0.364. The van der Waals surface area contributed by atoms with Gasteiger partial charge in [0.2, 0.25) is 0 Å². The third-order valence-corrected chi connectivity index (χ3v) is 2.58. The molecular formula is C11H15BN2O3.